The average Bonchev–Trinajstić information content (AvgIpc) is 2.42. The highest BCUT2D eigenvalue weighted by Crippen LogP contribution is 2.40. The van der Waals surface area contributed by atoms with Gasteiger partial charge >= 0.3 is 0 Å². The van der Waals surface area contributed by atoms with Gasteiger partial charge in [0.25, 0.3) is 5.69 Å². The number of benzene rings is 1. The number of rotatable bonds is 4. The molecule has 0 amide bonds. The maximum Gasteiger partial charge on any atom is 0.271 e. The van der Waals surface area contributed by atoms with Gasteiger partial charge in [0.2, 0.25) is 5.88 Å². The Kier molecular flexibility index (Phi) is 5.37. The summed E-state index contributed by atoms with van der Waals surface area (Å²) in [4.78, 5) is 18.1. The molecule has 0 saturated heterocycles. The number of nitro groups is 1. The van der Waals surface area contributed by atoms with Gasteiger partial charge in [0.15, 0.2) is 5.75 Å². The smallest absolute Gasteiger partial charge is 0.271 e. The zero-order valence-corrected chi connectivity index (χ0v) is 14.7. The summed E-state index contributed by atoms with van der Waals surface area (Å²) in [7, 11) is 0. The molecule has 1 aromatic heterocycles. The van der Waals surface area contributed by atoms with E-state index in [1.54, 1.807) is 0 Å². The van der Waals surface area contributed by atoms with Gasteiger partial charge in [-0.15, -0.1) is 11.6 Å². The molecule has 1 aromatic carbocycles. The van der Waals surface area contributed by atoms with Crippen molar-refractivity contribution in [3.63, 3.8) is 0 Å². The number of nitro benzene ring substituents is 1. The maximum atomic E-state index is 10.8. The van der Waals surface area contributed by atoms with E-state index in [0.29, 0.717) is 20.3 Å². The van der Waals surface area contributed by atoms with Gasteiger partial charge in [-0.05, 0) is 31.9 Å². The van der Waals surface area contributed by atoms with Crippen LogP contribution in [0.3, 0.4) is 0 Å². The second-order valence-electron chi connectivity index (χ2n) is 3.68. The number of non-ortho nitro benzene ring substituents is 1. The van der Waals surface area contributed by atoms with Crippen molar-refractivity contribution >= 4 is 60.7 Å². The minimum Gasteiger partial charge on any atom is -0.436 e. The van der Waals surface area contributed by atoms with Gasteiger partial charge in [-0.2, -0.15) is 0 Å². The zero-order valence-electron chi connectivity index (χ0n) is 10.0. The Hall–Kier alpha value is -0.960. The molecule has 0 spiro atoms. The summed E-state index contributed by atoms with van der Waals surface area (Å²) in [5.41, 5.74) is 0.345. The van der Waals surface area contributed by atoms with Crippen LogP contribution in [0.5, 0.6) is 11.6 Å². The largest absolute Gasteiger partial charge is 0.436 e. The predicted molar refractivity (Wildman–Crippen MR) is 85.2 cm³/mol. The Morgan fingerprint density at radius 3 is 2.43 bits per heavy atom. The van der Waals surface area contributed by atoms with Crippen LogP contribution in [0.2, 0.25) is 5.15 Å². The van der Waals surface area contributed by atoms with Gasteiger partial charge in [-0.1, -0.05) is 11.6 Å². The summed E-state index contributed by atoms with van der Waals surface area (Å²) >= 11 is 18.1. The highest BCUT2D eigenvalue weighted by Gasteiger charge is 2.18. The minimum atomic E-state index is -0.509. The van der Waals surface area contributed by atoms with E-state index in [4.69, 9.17) is 27.9 Å². The first kappa shape index (κ1) is 16.4. The number of nitrogens with zero attached hydrogens (tertiary/aromatic N) is 3. The van der Waals surface area contributed by atoms with Crippen molar-refractivity contribution < 1.29 is 9.66 Å². The van der Waals surface area contributed by atoms with Crippen molar-refractivity contribution in [3.8, 4) is 11.6 Å². The monoisotopic (exact) mass is 455 g/mol. The van der Waals surface area contributed by atoms with Gasteiger partial charge < -0.3 is 4.74 Å². The van der Waals surface area contributed by atoms with E-state index < -0.39 is 4.92 Å². The quantitative estimate of drug-likeness (QED) is 0.276. The SMILES string of the molecule is O=[N+]([O-])c1cc(Br)c(Oc2ncnc(Cl)c2CCl)c(Br)c1. The molecule has 1 heterocycles. The van der Waals surface area contributed by atoms with Crippen molar-refractivity contribution in [2.24, 2.45) is 0 Å². The Morgan fingerprint density at radius 2 is 1.90 bits per heavy atom. The van der Waals surface area contributed by atoms with Crippen molar-refractivity contribution in [2.75, 3.05) is 0 Å². The van der Waals surface area contributed by atoms with Gasteiger partial charge in [0, 0.05) is 12.1 Å². The highest BCUT2D eigenvalue weighted by atomic mass is 79.9. The number of halogens is 4. The molecule has 0 aliphatic rings. The molecule has 21 heavy (non-hydrogen) atoms. The molecule has 6 nitrogen and oxygen atoms in total. The fraction of sp³-hybridized carbons (Fsp3) is 0.0909. The summed E-state index contributed by atoms with van der Waals surface area (Å²) in [5.74, 6) is 0.569. The minimum absolute atomic E-state index is 0.0667. The molecule has 2 aromatic rings. The number of alkyl halides is 1. The van der Waals surface area contributed by atoms with Gasteiger partial charge in [0.1, 0.15) is 11.5 Å². The van der Waals surface area contributed by atoms with Crippen LogP contribution >= 0.6 is 55.1 Å². The van der Waals surface area contributed by atoms with Crippen LogP contribution in [0.25, 0.3) is 0 Å². The first-order valence-electron chi connectivity index (χ1n) is 5.30. The predicted octanol–water partition coefficient (Wildman–Crippen LogP) is 5.09. The van der Waals surface area contributed by atoms with E-state index in [2.05, 4.69) is 41.8 Å². The van der Waals surface area contributed by atoms with Gasteiger partial charge in [0.05, 0.1) is 25.3 Å². The molecule has 110 valence electrons. The molecule has 0 fully saturated rings. The lowest BCUT2D eigenvalue weighted by molar-refractivity contribution is -0.385. The standard InChI is InChI=1S/C11H5Br2Cl2N3O3/c12-7-1-5(18(19)20)2-8(13)9(7)21-11-6(3-14)10(15)16-4-17-11/h1-2,4H,3H2. The molecule has 0 unspecified atom stereocenters. The second-order valence-corrected chi connectivity index (χ2v) is 6.01. The highest BCUT2D eigenvalue weighted by molar-refractivity contribution is 9.11. The molecule has 2 rings (SSSR count). The lowest BCUT2D eigenvalue weighted by atomic mass is 10.3. The molecule has 0 saturated carbocycles. The molecule has 0 aliphatic carbocycles. The maximum absolute atomic E-state index is 10.8. The number of hydrogen-bond donors (Lipinski definition) is 0. The van der Waals surface area contributed by atoms with E-state index in [1.165, 1.54) is 18.5 Å². The molecule has 0 aliphatic heterocycles. The summed E-state index contributed by atoms with van der Waals surface area (Å²) < 4.78 is 6.42. The Balaban J connectivity index is 2.45. The van der Waals surface area contributed by atoms with Crippen molar-refractivity contribution in [2.45, 2.75) is 5.88 Å². The van der Waals surface area contributed by atoms with Gasteiger partial charge in [-0.25, -0.2) is 9.97 Å². The summed E-state index contributed by atoms with van der Waals surface area (Å²) in [6.45, 7) is 0. The Bertz CT molecular complexity index is 692. The molecular weight excluding hydrogens is 453 g/mol. The first-order chi connectivity index (χ1) is 9.93. The van der Waals surface area contributed by atoms with E-state index in [0.717, 1.165) is 0 Å². The Labute approximate surface area is 145 Å². The van der Waals surface area contributed by atoms with Crippen LogP contribution in [0.4, 0.5) is 5.69 Å². The third-order valence-corrected chi connectivity index (χ3v) is 4.15. The van der Waals surface area contributed by atoms with Crippen LogP contribution in [-0.4, -0.2) is 14.9 Å². The lowest BCUT2D eigenvalue weighted by Gasteiger charge is -2.11. The van der Waals surface area contributed by atoms with Crippen LogP contribution in [0.1, 0.15) is 5.56 Å². The number of ether oxygens (including phenoxy) is 1. The number of hydrogen-bond acceptors (Lipinski definition) is 5. The summed E-state index contributed by atoms with van der Waals surface area (Å²) in [6.07, 6.45) is 1.24. The van der Waals surface area contributed by atoms with Gasteiger partial charge in [-0.3, -0.25) is 10.1 Å². The fourth-order valence-corrected chi connectivity index (χ4v) is 3.25. The first-order valence-corrected chi connectivity index (χ1v) is 7.80. The second kappa shape index (κ2) is 6.87. The van der Waals surface area contributed by atoms with E-state index in [-0.39, 0.29) is 22.6 Å². The molecule has 0 N–H and O–H groups in total. The van der Waals surface area contributed by atoms with Crippen LogP contribution in [-0.2, 0) is 5.88 Å². The van der Waals surface area contributed by atoms with Crippen molar-refractivity contribution in [3.05, 3.63) is 48.2 Å². The van der Waals surface area contributed by atoms with E-state index in [1.807, 2.05) is 0 Å². The molecule has 0 radical (unpaired) electrons. The number of aromatic nitrogens is 2. The zero-order chi connectivity index (χ0) is 15.6. The Morgan fingerprint density at radius 1 is 1.29 bits per heavy atom. The molecule has 0 atom stereocenters. The summed E-state index contributed by atoms with van der Waals surface area (Å²) in [5, 5.41) is 11.0. The van der Waals surface area contributed by atoms with Crippen LogP contribution < -0.4 is 4.74 Å². The molecular formula is C11H5Br2Cl2N3O3. The van der Waals surface area contributed by atoms with Crippen molar-refractivity contribution in [1.29, 1.82) is 0 Å². The van der Waals surface area contributed by atoms with E-state index >= 15 is 0 Å². The van der Waals surface area contributed by atoms with Crippen molar-refractivity contribution in [1.82, 2.24) is 9.97 Å². The fourth-order valence-electron chi connectivity index (χ4n) is 1.42. The normalized spacial score (nSPS) is 10.5. The topological polar surface area (TPSA) is 78.2 Å². The van der Waals surface area contributed by atoms with Crippen LogP contribution in [0.15, 0.2) is 27.4 Å². The lowest BCUT2D eigenvalue weighted by Crippen LogP contribution is -1.98. The third kappa shape index (κ3) is 3.63. The van der Waals surface area contributed by atoms with Crippen LogP contribution in [0, 0.1) is 10.1 Å². The average molecular weight is 458 g/mol. The summed E-state index contributed by atoms with van der Waals surface area (Å²) in [6, 6.07) is 2.65. The molecule has 10 heteroatoms. The third-order valence-electron chi connectivity index (χ3n) is 2.38. The van der Waals surface area contributed by atoms with E-state index in [9.17, 15) is 10.1 Å². The molecule has 0 bridgehead atoms.